The molecule has 2 aromatic carbocycles. The maximum atomic E-state index is 12.8. The van der Waals surface area contributed by atoms with Crippen LogP contribution in [-0.4, -0.2) is 60.8 Å². The molecule has 1 atom stereocenters. The summed E-state index contributed by atoms with van der Waals surface area (Å²) in [4.78, 5) is 4.60. The summed E-state index contributed by atoms with van der Waals surface area (Å²) >= 11 is 0. The Hall–Kier alpha value is -2.09. The molecule has 7 heteroatoms. The fourth-order valence-corrected chi connectivity index (χ4v) is 3.53. The van der Waals surface area contributed by atoms with Crippen LogP contribution in [0.2, 0.25) is 0 Å². The van der Waals surface area contributed by atoms with Gasteiger partial charge in [0.15, 0.2) is 0 Å². The van der Waals surface area contributed by atoms with E-state index in [1.165, 1.54) is 12.1 Å². The molecule has 1 N–H and O–H groups in total. The van der Waals surface area contributed by atoms with Crippen molar-refractivity contribution in [2.24, 2.45) is 0 Å². The first kappa shape index (κ1) is 21.6. The zero-order chi connectivity index (χ0) is 20.7. The van der Waals surface area contributed by atoms with Gasteiger partial charge in [0.2, 0.25) is 0 Å². The van der Waals surface area contributed by atoms with Crippen LogP contribution < -0.4 is 4.74 Å². The second kappa shape index (κ2) is 10.1. The van der Waals surface area contributed by atoms with Crippen molar-refractivity contribution >= 4 is 0 Å². The van der Waals surface area contributed by atoms with Gasteiger partial charge >= 0.3 is 6.18 Å². The summed E-state index contributed by atoms with van der Waals surface area (Å²) in [5.41, 5.74) is 0.327. The van der Waals surface area contributed by atoms with E-state index in [4.69, 9.17) is 9.84 Å². The van der Waals surface area contributed by atoms with Gasteiger partial charge in [-0.05, 0) is 29.8 Å². The molecule has 0 saturated carbocycles. The molecule has 3 rings (SSSR count). The van der Waals surface area contributed by atoms with Crippen LogP contribution in [0.1, 0.15) is 23.7 Å². The number of rotatable bonds is 8. The Bertz CT molecular complexity index is 730. The fourth-order valence-electron chi connectivity index (χ4n) is 3.53. The van der Waals surface area contributed by atoms with Gasteiger partial charge in [-0.2, -0.15) is 13.2 Å². The van der Waals surface area contributed by atoms with E-state index in [1.54, 1.807) is 0 Å². The number of aliphatic hydroxyl groups is 1. The van der Waals surface area contributed by atoms with Gasteiger partial charge < -0.3 is 14.7 Å². The second-order valence-electron chi connectivity index (χ2n) is 7.23. The van der Waals surface area contributed by atoms with Gasteiger partial charge in [0.1, 0.15) is 11.9 Å². The second-order valence-corrected chi connectivity index (χ2v) is 7.23. The maximum absolute atomic E-state index is 12.8. The average Bonchev–Trinajstić information content (AvgIpc) is 2.73. The Labute approximate surface area is 169 Å². The smallest absolute Gasteiger partial charge is 0.416 e. The summed E-state index contributed by atoms with van der Waals surface area (Å²) in [5, 5.41) is 9.05. The number of halogens is 3. The third kappa shape index (κ3) is 6.45. The molecule has 0 amide bonds. The Kier molecular flexibility index (Phi) is 7.52. The van der Waals surface area contributed by atoms with E-state index in [-0.39, 0.29) is 12.7 Å². The number of ether oxygens (including phenoxy) is 1. The normalized spacial score (nSPS) is 17.2. The highest BCUT2D eigenvalue weighted by molar-refractivity contribution is 5.30. The summed E-state index contributed by atoms with van der Waals surface area (Å²) in [5.74, 6) is 0.430. The monoisotopic (exact) mass is 408 g/mol. The molecule has 2 aromatic rings. The highest BCUT2D eigenvalue weighted by Gasteiger charge is 2.30. The van der Waals surface area contributed by atoms with E-state index >= 15 is 0 Å². The summed E-state index contributed by atoms with van der Waals surface area (Å²) in [6, 6.07) is 14.6. The highest BCUT2D eigenvalue weighted by atomic mass is 19.4. The van der Waals surface area contributed by atoms with E-state index < -0.39 is 11.7 Å². The maximum Gasteiger partial charge on any atom is 0.416 e. The van der Waals surface area contributed by atoms with Gasteiger partial charge in [0.05, 0.1) is 12.2 Å². The molecule has 1 aliphatic rings. The standard InChI is InChI=1S/C22H27F3N2O2/c23-22(24,25)19-6-8-20(9-7-19)29-21(18-4-2-1-3-5-18)10-11-26-12-14-27(15-13-26)16-17-28/h1-9,21,28H,10-17H2. The number of hydrogen-bond donors (Lipinski definition) is 1. The molecular weight excluding hydrogens is 381 g/mol. The van der Waals surface area contributed by atoms with Gasteiger partial charge in [-0.3, -0.25) is 4.90 Å². The predicted molar refractivity (Wildman–Crippen MR) is 106 cm³/mol. The zero-order valence-corrected chi connectivity index (χ0v) is 16.3. The topological polar surface area (TPSA) is 35.9 Å². The Morgan fingerprint density at radius 3 is 2.00 bits per heavy atom. The van der Waals surface area contributed by atoms with Crippen LogP contribution >= 0.6 is 0 Å². The lowest BCUT2D eigenvalue weighted by Crippen LogP contribution is -2.47. The first-order chi connectivity index (χ1) is 14.0. The largest absolute Gasteiger partial charge is 0.486 e. The first-order valence-corrected chi connectivity index (χ1v) is 9.90. The van der Waals surface area contributed by atoms with Gasteiger partial charge in [-0.25, -0.2) is 0 Å². The number of aliphatic hydroxyl groups excluding tert-OH is 1. The molecule has 1 aliphatic heterocycles. The molecule has 0 bridgehead atoms. The first-order valence-electron chi connectivity index (χ1n) is 9.90. The molecule has 0 aliphatic carbocycles. The lowest BCUT2D eigenvalue weighted by molar-refractivity contribution is -0.137. The van der Waals surface area contributed by atoms with Crippen LogP contribution in [0.5, 0.6) is 5.75 Å². The Morgan fingerprint density at radius 2 is 1.45 bits per heavy atom. The van der Waals surface area contributed by atoms with Crippen LogP contribution in [-0.2, 0) is 6.18 Å². The third-order valence-corrected chi connectivity index (χ3v) is 5.22. The average molecular weight is 408 g/mol. The number of benzene rings is 2. The van der Waals surface area contributed by atoms with E-state index in [0.29, 0.717) is 12.3 Å². The van der Waals surface area contributed by atoms with Crippen LogP contribution in [0.4, 0.5) is 13.2 Å². The third-order valence-electron chi connectivity index (χ3n) is 5.22. The summed E-state index contributed by atoms with van der Waals surface area (Å²) in [6.45, 7) is 5.44. The van der Waals surface area contributed by atoms with Crippen molar-refractivity contribution in [3.63, 3.8) is 0 Å². The molecule has 1 saturated heterocycles. The number of β-amino-alcohol motifs (C(OH)–C–C–N with tert-alkyl or cyclic N) is 1. The Morgan fingerprint density at radius 1 is 0.862 bits per heavy atom. The van der Waals surface area contributed by atoms with Crippen molar-refractivity contribution < 1.29 is 23.0 Å². The van der Waals surface area contributed by atoms with Crippen molar-refractivity contribution in [2.45, 2.75) is 18.7 Å². The molecule has 0 spiro atoms. The van der Waals surface area contributed by atoms with Gasteiger partial charge in [0.25, 0.3) is 0 Å². The fraction of sp³-hybridized carbons (Fsp3) is 0.455. The van der Waals surface area contributed by atoms with Crippen molar-refractivity contribution in [3.05, 3.63) is 65.7 Å². The van der Waals surface area contributed by atoms with Gasteiger partial charge in [-0.1, -0.05) is 30.3 Å². The zero-order valence-electron chi connectivity index (χ0n) is 16.3. The molecule has 158 valence electrons. The van der Waals surface area contributed by atoms with E-state index in [0.717, 1.165) is 56.8 Å². The quantitative estimate of drug-likeness (QED) is 0.720. The van der Waals surface area contributed by atoms with Crippen LogP contribution in [0.3, 0.4) is 0 Å². The molecule has 1 heterocycles. The molecule has 1 fully saturated rings. The van der Waals surface area contributed by atoms with E-state index in [1.807, 2.05) is 30.3 Å². The van der Waals surface area contributed by atoms with Crippen LogP contribution in [0.15, 0.2) is 54.6 Å². The van der Waals surface area contributed by atoms with Gasteiger partial charge in [0, 0.05) is 45.7 Å². The minimum Gasteiger partial charge on any atom is -0.486 e. The van der Waals surface area contributed by atoms with E-state index in [9.17, 15) is 13.2 Å². The SMILES string of the molecule is OCCN1CCN(CCC(Oc2ccc(C(F)(F)F)cc2)c2ccccc2)CC1. The van der Waals surface area contributed by atoms with Crippen LogP contribution in [0.25, 0.3) is 0 Å². The summed E-state index contributed by atoms with van der Waals surface area (Å²) in [7, 11) is 0. The number of piperazine rings is 1. The lowest BCUT2D eigenvalue weighted by Gasteiger charge is -2.35. The van der Waals surface area contributed by atoms with Crippen LogP contribution in [0, 0.1) is 0 Å². The van der Waals surface area contributed by atoms with Gasteiger partial charge in [-0.15, -0.1) is 0 Å². The van der Waals surface area contributed by atoms with Crippen molar-refractivity contribution in [2.75, 3.05) is 45.9 Å². The number of nitrogens with zero attached hydrogens (tertiary/aromatic N) is 2. The molecule has 29 heavy (non-hydrogen) atoms. The predicted octanol–water partition coefficient (Wildman–Crippen LogP) is 3.83. The van der Waals surface area contributed by atoms with Crippen molar-refractivity contribution in [1.29, 1.82) is 0 Å². The van der Waals surface area contributed by atoms with Crippen molar-refractivity contribution in [1.82, 2.24) is 9.80 Å². The lowest BCUT2D eigenvalue weighted by atomic mass is 10.1. The molecule has 0 aromatic heterocycles. The number of hydrogen-bond acceptors (Lipinski definition) is 4. The Balaban J connectivity index is 1.62. The summed E-state index contributed by atoms with van der Waals surface area (Å²) < 4.78 is 44.4. The molecule has 4 nitrogen and oxygen atoms in total. The molecule has 1 unspecified atom stereocenters. The number of alkyl halides is 3. The minimum absolute atomic E-state index is 0.178. The minimum atomic E-state index is -4.35. The van der Waals surface area contributed by atoms with Crippen molar-refractivity contribution in [3.8, 4) is 5.75 Å². The van der Waals surface area contributed by atoms with E-state index in [2.05, 4.69) is 9.80 Å². The molecule has 0 radical (unpaired) electrons. The highest BCUT2D eigenvalue weighted by Crippen LogP contribution is 2.32. The summed E-state index contributed by atoms with van der Waals surface area (Å²) in [6.07, 6.45) is -3.84. The molecular formula is C22H27F3N2O2.